The Morgan fingerprint density at radius 2 is 1.68 bits per heavy atom. The van der Waals surface area contributed by atoms with Crippen molar-refractivity contribution in [2.24, 2.45) is 0 Å². The molecule has 0 atom stereocenters. The molecular weight excluding hydrogens is 455 g/mol. The van der Waals surface area contributed by atoms with Crippen molar-refractivity contribution in [2.45, 2.75) is 23.6 Å². The fourth-order valence-corrected chi connectivity index (χ4v) is 4.70. The van der Waals surface area contributed by atoms with Gasteiger partial charge in [0.25, 0.3) is 0 Å². The molecule has 0 radical (unpaired) electrons. The van der Waals surface area contributed by atoms with E-state index >= 15 is 0 Å². The number of para-hydroxylation sites is 1. The van der Waals surface area contributed by atoms with Gasteiger partial charge in [0.15, 0.2) is 0 Å². The van der Waals surface area contributed by atoms with E-state index < -0.39 is 0 Å². The van der Waals surface area contributed by atoms with Crippen LogP contribution in [-0.2, 0) is 9.59 Å². The molecule has 1 aliphatic rings. The summed E-state index contributed by atoms with van der Waals surface area (Å²) in [6, 6.07) is 11.5. The lowest BCUT2D eigenvalue weighted by atomic mass is 10.2. The molecule has 2 amide bonds. The first-order valence-corrected chi connectivity index (χ1v) is 11.6. The van der Waals surface area contributed by atoms with Crippen LogP contribution < -0.4 is 4.74 Å². The van der Waals surface area contributed by atoms with E-state index in [-0.39, 0.29) is 11.8 Å². The van der Waals surface area contributed by atoms with Gasteiger partial charge in [-0.25, -0.2) is 0 Å². The summed E-state index contributed by atoms with van der Waals surface area (Å²) in [5, 5.41) is 0.827. The number of ether oxygens (including phenoxy) is 1. The number of hydrogen-bond acceptors (Lipinski definition) is 4. The summed E-state index contributed by atoms with van der Waals surface area (Å²) in [6.45, 7) is 6.20. The highest BCUT2D eigenvalue weighted by molar-refractivity contribution is 7.99. The maximum absolute atomic E-state index is 12.5. The maximum Gasteiger partial charge on any atom is 0.246 e. The van der Waals surface area contributed by atoms with Crippen molar-refractivity contribution in [1.82, 2.24) is 9.80 Å². The minimum atomic E-state index is -0.112. The lowest BCUT2D eigenvalue weighted by Crippen LogP contribution is -2.49. The monoisotopic (exact) mass is 478 g/mol. The molecule has 2 aromatic carbocycles. The van der Waals surface area contributed by atoms with Crippen LogP contribution in [0.5, 0.6) is 5.75 Å². The van der Waals surface area contributed by atoms with Gasteiger partial charge in [0.1, 0.15) is 5.75 Å². The third kappa shape index (κ3) is 5.97. The number of piperazine rings is 1. The molecule has 31 heavy (non-hydrogen) atoms. The van der Waals surface area contributed by atoms with E-state index in [4.69, 9.17) is 27.9 Å². The largest absolute Gasteiger partial charge is 0.493 e. The fraction of sp³-hybridized carbons (Fsp3) is 0.304. The van der Waals surface area contributed by atoms with Crippen LogP contribution in [0, 0.1) is 0 Å². The van der Waals surface area contributed by atoms with Gasteiger partial charge in [-0.3, -0.25) is 9.59 Å². The predicted octanol–water partition coefficient (Wildman–Crippen LogP) is 5.25. The van der Waals surface area contributed by atoms with E-state index in [9.17, 15) is 9.59 Å². The first-order chi connectivity index (χ1) is 14.9. The average Bonchev–Trinajstić information content (AvgIpc) is 2.77. The molecule has 164 valence electrons. The molecule has 5 nitrogen and oxygen atoms in total. The molecule has 8 heteroatoms. The standard InChI is InChI=1S/C23H24Cl2N2O3S/c1-3-30-18-6-4-5-7-19(18)31-20-10-8-17(22(24)23(20)25)9-11-21(29)27-14-12-26(13-15-27)16(2)28/h4-11H,3,12-15H2,1-2H3. The third-order valence-electron chi connectivity index (χ3n) is 4.89. The zero-order valence-corrected chi connectivity index (χ0v) is 19.8. The van der Waals surface area contributed by atoms with Gasteiger partial charge in [0, 0.05) is 44.1 Å². The normalized spacial score (nSPS) is 14.2. The van der Waals surface area contributed by atoms with Gasteiger partial charge in [-0.05, 0) is 36.8 Å². The van der Waals surface area contributed by atoms with Crippen LogP contribution in [0.4, 0.5) is 0 Å². The SMILES string of the molecule is CCOc1ccccc1Sc1ccc(C=CC(=O)N2CCN(C(C)=O)CC2)c(Cl)c1Cl. The lowest BCUT2D eigenvalue weighted by molar-refractivity contribution is -0.135. The molecule has 2 aromatic rings. The summed E-state index contributed by atoms with van der Waals surface area (Å²) in [6.07, 6.45) is 3.18. The van der Waals surface area contributed by atoms with Gasteiger partial charge in [0.2, 0.25) is 11.8 Å². The molecule has 0 N–H and O–H groups in total. The van der Waals surface area contributed by atoms with Crippen molar-refractivity contribution in [1.29, 1.82) is 0 Å². The van der Waals surface area contributed by atoms with Gasteiger partial charge in [-0.1, -0.05) is 53.2 Å². The third-order valence-corrected chi connectivity index (χ3v) is 7.01. The lowest BCUT2D eigenvalue weighted by Gasteiger charge is -2.33. The van der Waals surface area contributed by atoms with Crippen molar-refractivity contribution in [3.05, 3.63) is 58.1 Å². The van der Waals surface area contributed by atoms with Gasteiger partial charge in [-0.2, -0.15) is 0 Å². The Bertz CT molecular complexity index is 989. The molecule has 3 rings (SSSR count). The van der Waals surface area contributed by atoms with Crippen LogP contribution in [0.25, 0.3) is 6.08 Å². The predicted molar refractivity (Wildman–Crippen MR) is 126 cm³/mol. The Morgan fingerprint density at radius 1 is 1.00 bits per heavy atom. The maximum atomic E-state index is 12.5. The Morgan fingerprint density at radius 3 is 2.35 bits per heavy atom. The van der Waals surface area contributed by atoms with Gasteiger partial charge >= 0.3 is 0 Å². The van der Waals surface area contributed by atoms with Crippen molar-refractivity contribution in [3.63, 3.8) is 0 Å². The first-order valence-electron chi connectivity index (χ1n) is 10.0. The summed E-state index contributed by atoms with van der Waals surface area (Å²) in [5.74, 6) is 0.715. The van der Waals surface area contributed by atoms with Gasteiger partial charge in [0.05, 0.1) is 21.5 Å². The summed E-state index contributed by atoms with van der Waals surface area (Å²) >= 11 is 14.5. The topological polar surface area (TPSA) is 49.9 Å². The highest BCUT2D eigenvalue weighted by atomic mass is 35.5. The van der Waals surface area contributed by atoms with Crippen molar-refractivity contribution in [3.8, 4) is 5.75 Å². The van der Waals surface area contributed by atoms with Crippen LogP contribution >= 0.6 is 35.0 Å². The molecule has 1 fully saturated rings. The van der Waals surface area contributed by atoms with Gasteiger partial charge < -0.3 is 14.5 Å². The molecule has 1 heterocycles. The highest BCUT2D eigenvalue weighted by Crippen LogP contribution is 2.42. The molecule has 0 saturated carbocycles. The quantitative estimate of drug-likeness (QED) is 0.532. The average molecular weight is 479 g/mol. The Kier molecular flexibility index (Phi) is 8.29. The summed E-state index contributed by atoms with van der Waals surface area (Å²) in [5.41, 5.74) is 0.671. The van der Waals surface area contributed by atoms with E-state index in [1.54, 1.807) is 22.8 Å². The number of halogens is 2. The van der Waals surface area contributed by atoms with Crippen LogP contribution in [0.3, 0.4) is 0 Å². The van der Waals surface area contributed by atoms with Crippen LogP contribution in [-0.4, -0.2) is 54.4 Å². The van der Waals surface area contributed by atoms with E-state index in [1.807, 2.05) is 43.3 Å². The highest BCUT2D eigenvalue weighted by Gasteiger charge is 2.21. The van der Waals surface area contributed by atoms with E-state index in [1.165, 1.54) is 17.8 Å². The molecule has 0 aromatic heterocycles. The zero-order valence-electron chi connectivity index (χ0n) is 17.4. The summed E-state index contributed by atoms with van der Waals surface area (Å²) in [7, 11) is 0. The minimum absolute atomic E-state index is 0.0332. The fourth-order valence-electron chi connectivity index (χ4n) is 3.19. The smallest absolute Gasteiger partial charge is 0.246 e. The second-order valence-electron chi connectivity index (χ2n) is 6.93. The summed E-state index contributed by atoms with van der Waals surface area (Å²) in [4.78, 5) is 29.1. The Hall–Kier alpha value is -2.15. The molecule has 0 bridgehead atoms. The van der Waals surface area contributed by atoms with E-state index in [0.29, 0.717) is 48.4 Å². The number of rotatable bonds is 6. The minimum Gasteiger partial charge on any atom is -0.493 e. The molecular formula is C23H24Cl2N2O3S. The molecule has 1 saturated heterocycles. The number of amides is 2. The number of carbonyl (C=O) groups is 2. The number of benzene rings is 2. The van der Waals surface area contributed by atoms with Crippen molar-refractivity contribution >= 4 is 52.9 Å². The second-order valence-corrected chi connectivity index (χ2v) is 8.77. The Labute approximate surface area is 196 Å². The van der Waals surface area contributed by atoms with Crippen molar-refractivity contribution < 1.29 is 14.3 Å². The second kappa shape index (κ2) is 10.9. The molecule has 1 aliphatic heterocycles. The molecule has 0 spiro atoms. The zero-order chi connectivity index (χ0) is 22.4. The number of hydrogen-bond donors (Lipinski definition) is 0. The van der Waals surface area contributed by atoms with Crippen LogP contribution in [0.1, 0.15) is 19.4 Å². The molecule has 0 unspecified atom stereocenters. The number of nitrogens with zero attached hydrogens (tertiary/aromatic N) is 2. The van der Waals surface area contributed by atoms with Crippen molar-refractivity contribution in [2.75, 3.05) is 32.8 Å². The number of carbonyl (C=O) groups excluding carboxylic acids is 2. The van der Waals surface area contributed by atoms with Crippen LogP contribution in [0.2, 0.25) is 10.0 Å². The van der Waals surface area contributed by atoms with E-state index in [2.05, 4.69) is 0 Å². The first kappa shape index (κ1) is 23.5. The Balaban J connectivity index is 1.69. The van der Waals surface area contributed by atoms with Gasteiger partial charge in [-0.15, -0.1) is 0 Å². The summed E-state index contributed by atoms with van der Waals surface area (Å²) < 4.78 is 5.67. The molecule has 0 aliphatic carbocycles. The van der Waals surface area contributed by atoms with Crippen LogP contribution in [0.15, 0.2) is 52.3 Å². The van der Waals surface area contributed by atoms with E-state index in [0.717, 1.165) is 15.5 Å².